The summed E-state index contributed by atoms with van der Waals surface area (Å²) in [7, 11) is 1.53. The fraction of sp³-hybridized carbons (Fsp3) is 0.176. The van der Waals surface area contributed by atoms with E-state index in [2.05, 4.69) is 10.6 Å². The molecule has 0 aliphatic carbocycles. The zero-order valence-corrected chi connectivity index (χ0v) is 13.8. The molecule has 0 saturated heterocycles. The first-order valence-electron chi connectivity index (χ1n) is 7.18. The number of halogens is 1. The molecular formula is C17H17ClN2O4. The summed E-state index contributed by atoms with van der Waals surface area (Å²) in [6.07, 6.45) is 0. The molecule has 0 aliphatic rings. The Morgan fingerprint density at radius 2 is 1.71 bits per heavy atom. The molecule has 0 aliphatic heterocycles. The smallest absolute Gasteiger partial charge is 0.338 e. The van der Waals surface area contributed by atoms with E-state index in [9.17, 15) is 9.59 Å². The lowest BCUT2D eigenvalue weighted by atomic mass is 10.2. The first-order valence-corrected chi connectivity index (χ1v) is 7.56. The number of ether oxygens (including phenoxy) is 2. The van der Waals surface area contributed by atoms with Crippen LogP contribution in [-0.2, 0) is 9.47 Å². The van der Waals surface area contributed by atoms with E-state index >= 15 is 0 Å². The number of methoxy groups -OCH3 is 1. The summed E-state index contributed by atoms with van der Waals surface area (Å²) in [5.74, 6) is -0.443. The predicted octanol–water partition coefficient (Wildman–Crippen LogP) is 3.79. The summed E-state index contributed by atoms with van der Waals surface area (Å²) in [5, 5.41) is 5.86. The van der Waals surface area contributed by atoms with Crippen LogP contribution < -0.4 is 10.6 Å². The van der Waals surface area contributed by atoms with Gasteiger partial charge in [0.1, 0.15) is 6.61 Å². The SMILES string of the molecule is COCCOC(=O)c1ccc(NC(=O)Nc2cccc(Cl)c2)cc1. The minimum Gasteiger partial charge on any atom is -0.460 e. The van der Waals surface area contributed by atoms with E-state index in [1.54, 1.807) is 48.5 Å². The van der Waals surface area contributed by atoms with Gasteiger partial charge in [-0.05, 0) is 42.5 Å². The van der Waals surface area contributed by atoms with Gasteiger partial charge in [0.25, 0.3) is 0 Å². The Morgan fingerprint density at radius 1 is 1.00 bits per heavy atom. The van der Waals surface area contributed by atoms with Gasteiger partial charge in [0, 0.05) is 23.5 Å². The van der Waals surface area contributed by atoms with Gasteiger partial charge >= 0.3 is 12.0 Å². The molecule has 24 heavy (non-hydrogen) atoms. The van der Waals surface area contributed by atoms with E-state index in [0.29, 0.717) is 28.6 Å². The van der Waals surface area contributed by atoms with Gasteiger partial charge < -0.3 is 20.1 Å². The van der Waals surface area contributed by atoms with Crippen LogP contribution in [-0.4, -0.2) is 32.3 Å². The van der Waals surface area contributed by atoms with Crippen LogP contribution in [0, 0.1) is 0 Å². The highest BCUT2D eigenvalue weighted by Gasteiger charge is 2.08. The van der Waals surface area contributed by atoms with Crippen LogP contribution in [0.3, 0.4) is 0 Å². The van der Waals surface area contributed by atoms with Crippen LogP contribution in [0.1, 0.15) is 10.4 Å². The summed E-state index contributed by atoms with van der Waals surface area (Å²) < 4.78 is 9.81. The van der Waals surface area contributed by atoms with E-state index in [1.165, 1.54) is 7.11 Å². The van der Waals surface area contributed by atoms with Crippen molar-refractivity contribution >= 4 is 35.0 Å². The molecule has 0 bridgehead atoms. The van der Waals surface area contributed by atoms with Crippen molar-refractivity contribution in [3.63, 3.8) is 0 Å². The molecule has 2 aromatic carbocycles. The summed E-state index contributed by atoms with van der Waals surface area (Å²) in [5.41, 5.74) is 1.52. The third kappa shape index (κ3) is 5.57. The zero-order valence-electron chi connectivity index (χ0n) is 13.0. The molecule has 0 atom stereocenters. The number of hydrogen-bond acceptors (Lipinski definition) is 4. The monoisotopic (exact) mass is 348 g/mol. The quantitative estimate of drug-likeness (QED) is 0.615. The van der Waals surface area contributed by atoms with Gasteiger partial charge in [-0.1, -0.05) is 17.7 Å². The molecule has 0 unspecified atom stereocenters. The number of esters is 1. The highest BCUT2D eigenvalue weighted by Crippen LogP contribution is 2.16. The molecule has 0 aromatic heterocycles. The Balaban J connectivity index is 1.89. The standard InChI is InChI=1S/C17H17ClN2O4/c1-23-9-10-24-16(21)12-5-7-14(8-6-12)19-17(22)20-15-4-2-3-13(18)11-15/h2-8,11H,9-10H2,1H3,(H2,19,20,22). The Bertz CT molecular complexity index is 704. The molecule has 0 spiro atoms. The number of carbonyl (C=O) groups is 2. The zero-order chi connectivity index (χ0) is 17.4. The van der Waals surface area contributed by atoms with Gasteiger partial charge in [-0.25, -0.2) is 9.59 Å². The number of nitrogens with one attached hydrogen (secondary N) is 2. The van der Waals surface area contributed by atoms with Crippen molar-refractivity contribution in [2.24, 2.45) is 0 Å². The maximum absolute atomic E-state index is 11.9. The molecule has 7 heteroatoms. The lowest BCUT2D eigenvalue weighted by molar-refractivity contribution is 0.0388. The second-order valence-corrected chi connectivity index (χ2v) is 5.23. The Morgan fingerprint density at radius 3 is 2.38 bits per heavy atom. The molecule has 2 N–H and O–H groups in total. The normalized spacial score (nSPS) is 10.1. The number of benzene rings is 2. The fourth-order valence-electron chi connectivity index (χ4n) is 1.85. The van der Waals surface area contributed by atoms with Gasteiger partial charge in [0.15, 0.2) is 0 Å². The fourth-order valence-corrected chi connectivity index (χ4v) is 2.04. The highest BCUT2D eigenvalue weighted by atomic mass is 35.5. The van der Waals surface area contributed by atoms with Crippen molar-refractivity contribution in [1.82, 2.24) is 0 Å². The average molecular weight is 349 g/mol. The second kappa shape index (κ2) is 8.90. The Hall–Kier alpha value is -2.57. The van der Waals surface area contributed by atoms with Crippen molar-refractivity contribution in [1.29, 1.82) is 0 Å². The largest absolute Gasteiger partial charge is 0.460 e. The molecule has 0 heterocycles. The maximum atomic E-state index is 11.9. The highest BCUT2D eigenvalue weighted by molar-refractivity contribution is 6.30. The van der Waals surface area contributed by atoms with Crippen molar-refractivity contribution in [2.45, 2.75) is 0 Å². The minimum atomic E-state index is -0.443. The molecular weight excluding hydrogens is 332 g/mol. The van der Waals surface area contributed by atoms with Crippen LogP contribution in [0.15, 0.2) is 48.5 Å². The minimum absolute atomic E-state index is 0.192. The molecule has 0 saturated carbocycles. The Kier molecular flexibility index (Phi) is 6.60. The van der Waals surface area contributed by atoms with Crippen molar-refractivity contribution in [2.75, 3.05) is 31.0 Å². The number of amides is 2. The first kappa shape index (κ1) is 17.8. The van der Waals surface area contributed by atoms with E-state index < -0.39 is 12.0 Å². The predicted molar refractivity (Wildman–Crippen MR) is 92.7 cm³/mol. The summed E-state index contributed by atoms with van der Waals surface area (Å²) in [6.45, 7) is 0.534. The lowest BCUT2D eigenvalue weighted by Crippen LogP contribution is -2.19. The third-order valence-electron chi connectivity index (χ3n) is 2.98. The van der Waals surface area contributed by atoms with Crippen molar-refractivity contribution in [3.8, 4) is 0 Å². The number of anilines is 2. The van der Waals surface area contributed by atoms with Gasteiger partial charge in [-0.3, -0.25) is 0 Å². The van der Waals surface area contributed by atoms with Crippen LogP contribution in [0.2, 0.25) is 5.02 Å². The number of carbonyl (C=O) groups excluding carboxylic acids is 2. The van der Waals surface area contributed by atoms with Gasteiger partial charge in [0.05, 0.1) is 12.2 Å². The van der Waals surface area contributed by atoms with Gasteiger partial charge in [-0.15, -0.1) is 0 Å². The topological polar surface area (TPSA) is 76.7 Å². The van der Waals surface area contributed by atoms with E-state index in [1.807, 2.05) is 0 Å². The van der Waals surface area contributed by atoms with E-state index in [4.69, 9.17) is 21.1 Å². The molecule has 2 aromatic rings. The summed E-state index contributed by atoms with van der Waals surface area (Å²) in [4.78, 5) is 23.7. The maximum Gasteiger partial charge on any atom is 0.338 e. The summed E-state index contributed by atoms with van der Waals surface area (Å²) >= 11 is 5.86. The number of hydrogen-bond donors (Lipinski definition) is 2. The average Bonchev–Trinajstić information content (AvgIpc) is 2.55. The van der Waals surface area contributed by atoms with Crippen LogP contribution in [0.5, 0.6) is 0 Å². The van der Waals surface area contributed by atoms with Crippen LogP contribution in [0.25, 0.3) is 0 Å². The van der Waals surface area contributed by atoms with Crippen molar-refractivity contribution < 1.29 is 19.1 Å². The van der Waals surface area contributed by atoms with Gasteiger partial charge in [0.2, 0.25) is 0 Å². The molecule has 0 radical (unpaired) electrons. The van der Waals surface area contributed by atoms with Crippen LogP contribution in [0.4, 0.5) is 16.2 Å². The molecule has 6 nitrogen and oxygen atoms in total. The lowest BCUT2D eigenvalue weighted by Gasteiger charge is -2.09. The number of rotatable bonds is 6. The van der Waals surface area contributed by atoms with Gasteiger partial charge in [-0.2, -0.15) is 0 Å². The molecule has 2 amide bonds. The van der Waals surface area contributed by atoms with E-state index in [-0.39, 0.29) is 6.61 Å². The summed E-state index contributed by atoms with van der Waals surface area (Å²) in [6, 6.07) is 12.8. The molecule has 2 rings (SSSR count). The second-order valence-electron chi connectivity index (χ2n) is 4.80. The van der Waals surface area contributed by atoms with Crippen LogP contribution >= 0.6 is 11.6 Å². The molecule has 0 fully saturated rings. The number of urea groups is 1. The first-order chi connectivity index (χ1) is 11.6. The molecule has 126 valence electrons. The van der Waals surface area contributed by atoms with Crippen molar-refractivity contribution in [3.05, 3.63) is 59.1 Å². The third-order valence-corrected chi connectivity index (χ3v) is 3.22. The Labute approximate surface area is 144 Å². The van der Waals surface area contributed by atoms with E-state index in [0.717, 1.165) is 0 Å².